The van der Waals surface area contributed by atoms with Crippen LogP contribution in [-0.4, -0.2) is 15.0 Å². The summed E-state index contributed by atoms with van der Waals surface area (Å²) in [6.45, 7) is 1.75. The van der Waals surface area contributed by atoms with Crippen molar-refractivity contribution in [3.63, 3.8) is 0 Å². The number of benzene rings is 1. The van der Waals surface area contributed by atoms with Crippen molar-refractivity contribution in [2.75, 3.05) is 0 Å². The van der Waals surface area contributed by atoms with E-state index in [1.807, 2.05) is 30.3 Å². The molecule has 0 amide bonds. The lowest BCUT2D eigenvalue weighted by atomic mass is 9.98. The highest BCUT2D eigenvalue weighted by molar-refractivity contribution is 6.29. The summed E-state index contributed by atoms with van der Waals surface area (Å²) in [5, 5.41) is 0.518. The molecule has 4 nitrogen and oxygen atoms in total. The van der Waals surface area contributed by atoms with E-state index in [0.717, 1.165) is 5.56 Å². The van der Waals surface area contributed by atoms with Crippen LogP contribution >= 0.6 is 11.6 Å². The summed E-state index contributed by atoms with van der Waals surface area (Å²) in [4.78, 5) is 22.9. The van der Waals surface area contributed by atoms with Crippen LogP contribution < -0.4 is 5.56 Å². The maximum Gasteiger partial charge on any atom is 0.249 e. The summed E-state index contributed by atoms with van der Waals surface area (Å²) < 4.78 is 14.7. The highest BCUT2D eigenvalue weighted by Gasteiger charge is 2.18. The first-order valence-corrected chi connectivity index (χ1v) is 8.33. The van der Waals surface area contributed by atoms with Crippen molar-refractivity contribution in [1.82, 2.24) is 15.0 Å². The van der Waals surface area contributed by atoms with Crippen LogP contribution in [0, 0.1) is 12.7 Å². The molecule has 0 fully saturated rings. The normalized spacial score (nSPS) is 11.0. The second-order valence-electron chi connectivity index (χ2n) is 5.93. The quantitative estimate of drug-likeness (QED) is 0.521. The second-order valence-corrected chi connectivity index (χ2v) is 6.28. The Kier molecular flexibility index (Phi) is 4.01. The van der Waals surface area contributed by atoms with Gasteiger partial charge >= 0.3 is 0 Å². The molecular weight excluding hydrogens is 353 g/mol. The summed E-state index contributed by atoms with van der Waals surface area (Å²) >= 11 is 5.95. The SMILES string of the molecule is Cc1cc(-c2cc3ccc(=O)[nH]c3nc2-c2ccccc2)c(F)c(Cl)n1. The molecule has 3 aromatic heterocycles. The molecule has 0 saturated carbocycles. The number of hydrogen-bond acceptors (Lipinski definition) is 3. The molecule has 1 aromatic carbocycles. The molecule has 0 bridgehead atoms. The Labute approximate surface area is 153 Å². The van der Waals surface area contributed by atoms with Gasteiger partial charge in [0.1, 0.15) is 5.65 Å². The monoisotopic (exact) mass is 365 g/mol. The number of fused-ring (bicyclic) bond motifs is 1. The van der Waals surface area contributed by atoms with Gasteiger partial charge in [-0.25, -0.2) is 14.4 Å². The van der Waals surface area contributed by atoms with Gasteiger partial charge in [0.15, 0.2) is 11.0 Å². The van der Waals surface area contributed by atoms with E-state index < -0.39 is 5.82 Å². The predicted octanol–water partition coefficient (Wildman–Crippen LogP) is 4.75. The second kappa shape index (κ2) is 6.35. The van der Waals surface area contributed by atoms with Crippen LogP contribution in [0.4, 0.5) is 4.39 Å². The highest BCUT2D eigenvalue weighted by Crippen LogP contribution is 2.35. The number of halogens is 2. The standard InChI is InChI=1S/C20H13ClFN3O/c1-11-9-14(17(22)19(21)23-11)15-10-13-7-8-16(26)24-20(13)25-18(15)12-5-3-2-4-6-12/h2-10H,1H3,(H,24,25,26). The van der Waals surface area contributed by atoms with Gasteiger partial charge in [0.2, 0.25) is 5.56 Å². The Morgan fingerprint density at radius 3 is 2.54 bits per heavy atom. The third kappa shape index (κ3) is 2.86. The number of rotatable bonds is 2. The third-order valence-corrected chi connectivity index (χ3v) is 4.34. The zero-order valence-electron chi connectivity index (χ0n) is 13.8. The molecule has 0 aliphatic rings. The van der Waals surface area contributed by atoms with Crippen molar-refractivity contribution in [2.24, 2.45) is 0 Å². The number of nitrogens with zero attached hydrogens (tertiary/aromatic N) is 2. The smallest absolute Gasteiger partial charge is 0.249 e. The Morgan fingerprint density at radius 1 is 1.00 bits per heavy atom. The minimum Gasteiger partial charge on any atom is -0.307 e. The van der Waals surface area contributed by atoms with Gasteiger partial charge in [0.05, 0.1) is 5.69 Å². The summed E-state index contributed by atoms with van der Waals surface area (Å²) in [6, 6.07) is 15.9. The first kappa shape index (κ1) is 16.4. The number of pyridine rings is 3. The van der Waals surface area contributed by atoms with Crippen molar-refractivity contribution in [3.8, 4) is 22.4 Å². The van der Waals surface area contributed by atoms with Gasteiger partial charge in [-0.15, -0.1) is 0 Å². The maximum atomic E-state index is 14.7. The molecule has 0 unspecified atom stereocenters. The average molecular weight is 366 g/mol. The minimum atomic E-state index is -0.597. The molecule has 3 heterocycles. The lowest BCUT2D eigenvalue weighted by Gasteiger charge is -2.13. The van der Waals surface area contributed by atoms with E-state index in [2.05, 4.69) is 15.0 Å². The van der Waals surface area contributed by atoms with Crippen LogP contribution in [0.2, 0.25) is 5.15 Å². The van der Waals surface area contributed by atoms with Crippen molar-refractivity contribution in [3.05, 3.63) is 81.6 Å². The van der Waals surface area contributed by atoms with E-state index >= 15 is 0 Å². The predicted molar refractivity (Wildman–Crippen MR) is 101 cm³/mol. The van der Waals surface area contributed by atoms with Gasteiger partial charge in [-0.2, -0.15) is 0 Å². The first-order chi connectivity index (χ1) is 12.5. The third-order valence-electron chi connectivity index (χ3n) is 4.09. The minimum absolute atomic E-state index is 0.180. The number of H-pyrrole nitrogens is 1. The molecule has 0 saturated heterocycles. The molecule has 6 heteroatoms. The van der Waals surface area contributed by atoms with Gasteiger partial charge in [-0.1, -0.05) is 41.9 Å². The van der Waals surface area contributed by atoms with E-state index in [-0.39, 0.29) is 10.7 Å². The van der Waals surface area contributed by atoms with Crippen molar-refractivity contribution >= 4 is 22.6 Å². The summed E-state index contributed by atoms with van der Waals surface area (Å²) in [7, 11) is 0. The topological polar surface area (TPSA) is 58.6 Å². The Balaban J connectivity index is 2.11. The molecule has 0 radical (unpaired) electrons. The number of nitrogens with one attached hydrogen (secondary N) is 1. The van der Waals surface area contributed by atoms with Gasteiger partial charge < -0.3 is 4.98 Å². The van der Waals surface area contributed by atoms with Crippen LogP contribution in [-0.2, 0) is 0 Å². The molecule has 4 aromatic rings. The number of aryl methyl sites for hydroxylation is 1. The van der Waals surface area contributed by atoms with Crippen LogP contribution in [0.3, 0.4) is 0 Å². The molecule has 0 aliphatic carbocycles. The zero-order valence-corrected chi connectivity index (χ0v) is 14.5. The Morgan fingerprint density at radius 2 is 1.77 bits per heavy atom. The van der Waals surface area contributed by atoms with Gasteiger partial charge in [-0.05, 0) is 25.1 Å². The largest absolute Gasteiger partial charge is 0.307 e. The first-order valence-electron chi connectivity index (χ1n) is 7.95. The van der Waals surface area contributed by atoms with Crippen molar-refractivity contribution in [1.29, 1.82) is 0 Å². The molecule has 26 heavy (non-hydrogen) atoms. The van der Waals surface area contributed by atoms with Crippen molar-refractivity contribution in [2.45, 2.75) is 6.92 Å². The van der Waals surface area contributed by atoms with E-state index in [0.29, 0.717) is 33.5 Å². The van der Waals surface area contributed by atoms with Gasteiger partial charge in [-0.3, -0.25) is 4.79 Å². The average Bonchev–Trinajstić information content (AvgIpc) is 2.64. The maximum absolute atomic E-state index is 14.7. The lowest BCUT2D eigenvalue weighted by Crippen LogP contribution is -2.05. The molecule has 4 rings (SSSR count). The zero-order chi connectivity index (χ0) is 18.3. The van der Waals surface area contributed by atoms with Crippen LogP contribution in [0.25, 0.3) is 33.4 Å². The number of aromatic nitrogens is 3. The van der Waals surface area contributed by atoms with Crippen molar-refractivity contribution < 1.29 is 4.39 Å². The van der Waals surface area contributed by atoms with E-state index in [9.17, 15) is 9.18 Å². The lowest BCUT2D eigenvalue weighted by molar-refractivity contribution is 0.624. The van der Waals surface area contributed by atoms with Crippen LogP contribution in [0.15, 0.2) is 59.4 Å². The van der Waals surface area contributed by atoms with E-state index in [1.165, 1.54) is 6.07 Å². The molecule has 0 aliphatic heterocycles. The molecule has 1 N–H and O–H groups in total. The highest BCUT2D eigenvalue weighted by atomic mass is 35.5. The number of aromatic amines is 1. The van der Waals surface area contributed by atoms with Crippen LogP contribution in [0.1, 0.15) is 5.69 Å². The molecule has 0 spiro atoms. The number of hydrogen-bond donors (Lipinski definition) is 1. The fourth-order valence-electron chi connectivity index (χ4n) is 2.92. The van der Waals surface area contributed by atoms with Crippen LogP contribution in [0.5, 0.6) is 0 Å². The summed E-state index contributed by atoms with van der Waals surface area (Å²) in [6.07, 6.45) is 0. The van der Waals surface area contributed by atoms with Gasteiger partial charge in [0.25, 0.3) is 0 Å². The Hall–Kier alpha value is -3.05. The molecular formula is C20H13ClFN3O. The fourth-order valence-corrected chi connectivity index (χ4v) is 3.15. The van der Waals surface area contributed by atoms with Gasteiger partial charge in [0, 0.05) is 33.8 Å². The Bertz CT molecular complexity index is 1190. The summed E-state index contributed by atoms with van der Waals surface area (Å²) in [5.74, 6) is -0.597. The fraction of sp³-hybridized carbons (Fsp3) is 0.0500. The van der Waals surface area contributed by atoms with E-state index in [1.54, 1.807) is 25.1 Å². The van der Waals surface area contributed by atoms with E-state index in [4.69, 9.17) is 11.6 Å². The molecule has 128 valence electrons. The molecule has 0 atom stereocenters. The summed E-state index contributed by atoms with van der Waals surface area (Å²) in [5.41, 5.74) is 3.07.